The molecule has 0 heterocycles. The first kappa shape index (κ1) is 23.5. The average Bonchev–Trinajstić information content (AvgIpc) is 2.71. The van der Waals surface area contributed by atoms with Gasteiger partial charge in [-0.3, -0.25) is 19.7 Å². The van der Waals surface area contributed by atoms with Crippen LogP contribution in [0.2, 0.25) is 0 Å². The molecule has 162 valence electrons. The third-order valence-corrected chi connectivity index (χ3v) is 4.24. The van der Waals surface area contributed by atoms with Gasteiger partial charge >= 0.3 is 5.97 Å². The molecule has 0 aliphatic carbocycles. The minimum Gasteiger partial charge on any atom is -0.451 e. The Kier molecular flexibility index (Phi) is 7.85. The summed E-state index contributed by atoms with van der Waals surface area (Å²) in [5, 5.41) is 4.56. The summed E-state index contributed by atoms with van der Waals surface area (Å²) in [4.78, 5) is 48.0. The van der Waals surface area contributed by atoms with Gasteiger partial charge in [-0.2, -0.15) is 0 Å². The Morgan fingerprint density at radius 2 is 1.52 bits per heavy atom. The van der Waals surface area contributed by atoms with Crippen LogP contribution in [-0.2, 0) is 24.5 Å². The van der Waals surface area contributed by atoms with E-state index < -0.39 is 30.3 Å². The van der Waals surface area contributed by atoms with Crippen LogP contribution in [0.1, 0.15) is 49.2 Å². The second kappa shape index (κ2) is 10.3. The lowest BCUT2D eigenvalue weighted by Crippen LogP contribution is -2.35. The first-order valence-electron chi connectivity index (χ1n) is 9.72. The molecular weight excluding hydrogens is 396 g/mol. The Morgan fingerprint density at radius 3 is 2.06 bits per heavy atom. The standard InChI is InChI=1S/C24H26N2O5/c1-16(27)25-20(14-17-8-6-5-7-9-17)23(30)31-15-21(28)26-22(29)18-10-12-19(13-11-18)24(2,3)4/h5-14H,15H2,1-4H3,(H,25,27)(H,26,28,29)/b20-14-. The van der Waals surface area contributed by atoms with Crippen molar-refractivity contribution in [1.82, 2.24) is 10.6 Å². The first-order chi connectivity index (χ1) is 14.6. The molecule has 2 rings (SSSR count). The lowest BCUT2D eigenvalue weighted by molar-refractivity contribution is -0.145. The molecule has 2 aromatic carbocycles. The highest BCUT2D eigenvalue weighted by molar-refractivity contribution is 6.05. The summed E-state index contributed by atoms with van der Waals surface area (Å²) in [5.41, 5.74) is 1.87. The van der Waals surface area contributed by atoms with Crippen molar-refractivity contribution >= 4 is 29.8 Å². The summed E-state index contributed by atoms with van der Waals surface area (Å²) in [7, 11) is 0. The summed E-state index contributed by atoms with van der Waals surface area (Å²) in [6.07, 6.45) is 1.43. The Labute approximate surface area is 181 Å². The van der Waals surface area contributed by atoms with Gasteiger partial charge in [0, 0.05) is 12.5 Å². The molecule has 0 aliphatic heterocycles. The third-order valence-electron chi connectivity index (χ3n) is 4.24. The molecule has 0 aromatic heterocycles. The van der Waals surface area contributed by atoms with Crippen LogP contribution in [0.4, 0.5) is 0 Å². The minimum absolute atomic E-state index is 0.0576. The fourth-order valence-corrected chi connectivity index (χ4v) is 2.62. The van der Waals surface area contributed by atoms with Crippen LogP contribution < -0.4 is 10.6 Å². The molecule has 2 aromatic rings. The predicted octanol–water partition coefficient (Wildman–Crippen LogP) is 2.96. The molecule has 0 unspecified atom stereocenters. The predicted molar refractivity (Wildman–Crippen MR) is 117 cm³/mol. The monoisotopic (exact) mass is 422 g/mol. The van der Waals surface area contributed by atoms with Gasteiger partial charge in [-0.15, -0.1) is 0 Å². The molecule has 0 saturated carbocycles. The zero-order valence-electron chi connectivity index (χ0n) is 18.0. The molecule has 0 atom stereocenters. The van der Waals surface area contributed by atoms with Crippen molar-refractivity contribution in [3.05, 3.63) is 77.0 Å². The van der Waals surface area contributed by atoms with E-state index in [-0.39, 0.29) is 11.1 Å². The lowest BCUT2D eigenvalue weighted by Gasteiger charge is -2.19. The van der Waals surface area contributed by atoms with E-state index in [1.807, 2.05) is 18.2 Å². The lowest BCUT2D eigenvalue weighted by atomic mass is 9.87. The normalized spacial score (nSPS) is 11.4. The van der Waals surface area contributed by atoms with Crippen LogP contribution in [0.25, 0.3) is 6.08 Å². The summed E-state index contributed by atoms with van der Waals surface area (Å²) in [5.74, 6) is -2.72. The van der Waals surface area contributed by atoms with E-state index in [1.54, 1.807) is 36.4 Å². The van der Waals surface area contributed by atoms with Gasteiger partial charge in [0.1, 0.15) is 5.70 Å². The zero-order chi connectivity index (χ0) is 23.0. The summed E-state index contributed by atoms with van der Waals surface area (Å²) in [6, 6.07) is 15.8. The Bertz CT molecular complexity index is 987. The largest absolute Gasteiger partial charge is 0.451 e. The van der Waals surface area contributed by atoms with Crippen LogP contribution in [0, 0.1) is 0 Å². The molecule has 2 N–H and O–H groups in total. The topological polar surface area (TPSA) is 102 Å². The number of ether oxygens (including phenoxy) is 1. The average molecular weight is 422 g/mol. The van der Waals surface area contributed by atoms with Gasteiger partial charge in [0.15, 0.2) is 6.61 Å². The first-order valence-corrected chi connectivity index (χ1v) is 9.72. The minimum atomic E-state index is -0.892. The van der Waals surface area contributed by atoms with Gasteiger partial charge in [-0.25, -0.2) is 4.79 Å². The van der Waals surface area contributed by atoms with E-state index in [4.69, 9.17) is 4.74 Å². The van der Waals surface area contributed by atoms with Gasteiger partial charge in [0.25, 0.3) is 11.8 Å². The van der Waals surface area contributed by atoms with Crippen molar-refractivity contribution in [1.29, 1.82) is 0 Å². The van der Waals surface area contributed by atoms with E-state index in [1.165, 1.54) is 13.0 Å². The number of hydrogen-bond donors (Lipinski definition) is 2. The van der Waals surface area contributed by atoms with E-state index in [0.717, 1.165) is 5.56 Å². The molecule has 7 nitrogen and oxygen atoms in total. The third kappa shape index (κ3) is 7.54. The molecule has 31 heavy (non-hydrogen) atoms. The maximum Gasteiger partial charge on any atom is 0.355 e. The van der Waals surface area contributed by atoms with E-state index >= 15 is 0 Å². The van der Waals surface area contributed by atoms with E-state index in [0.29, 0.717) is 11.1 Å². The van der Waals surface area contributed by atoms with Gasteiger partial charge < -0.3 is 10.1 Å². The molecule has 0 radical (unpaired) electrons. The van der Waals surface area contributed by atoms with E-state index in [2.05, 4.69) is 31.4 Å². The maximum atomic E-state index is 12.3. The Morgan fingerprint density at radius 1 is 0.903 bits per heavy atom. The van der Waals surface area contributed by atoms with Crippen LogP contribution >= 0.6 is 0 Å². The maximum absolute atomic E-state index is 12.3. The number of nitrogens with one attached hydrogen (secondary N) is 2. The van der Waals surface area contributed by atoms with Crippen molar-refractivity contribution in [2.75, 3.05) is 6.61 Å². The van der Waals surface area contributed by atoms with Crippen molar-refractivity contribution < 1.29 is 23.9 Å². The molecule has 0 aliphatic rings. The number of carbonyl (C=O) groups excluding carboxylic acids is 4. The van der Waals surface area contributed by atoms with Crippen molar-refractivity contribution in [3.63, 3.8) is 0 Å². The summed E-state index contributed by atoms with van der Waals surface area (Å²) >= 11 is 0. The number of rotatable bonds is 6. The highest BCUT2D eigenvalue weighted by atomic mass is 16.5. The van der Waals surface area contributed by atoms with Gasteiger partial charge in [-0.05, 0) is 34.8 Å². The van der Waals surface area contributed by atoms with Crippen molar-refractivity contribution in [3.8, 4) is 0 Å². The number of carbonyl (C=O) groups is 4. The molecular formula is C24H26N2O5. The smallest absolute Gasteiger partial charge is 0.355 e. The fourth-order valence-electron chi connectivity index (χ4n) is 2.62. The molecule has 0 spiro atoms. The van der Waals surface area contributed by atoms with Crippen LogP contribution in [0.15, 0.2) is 60.3 Å². The Hall–Kier alpha value is -3.74. The number of hydrogen-bond acceptors (Lipinski definition) is 5. The number of esters is 1. The quantitative estimate of drug-likeness (QED) is 0.551. The van der Waals surface area contributed by atoms with Crippen molar-refractivity contribution in [2.24, 2.45) is 0 Å². The number of amides is 3. The van der Waals surface area contributed by atoms with Crippen LogP contribution in [0.5, 0.6) is 0 Å². The van der Waals surface area contributed by atoms with Gasteiger partial charge in [-0.1, -0.05) is 63.2 Å². The van der Waals surface area contributed by atoms with Crippen LogP contribution in [0.3, 0.4) is 0 Å². The SMILES string of the molecule is CC(=O)N/C(=C\c1ccccc1)C(=O)OCC(=O)NC(=O)c1ccc(C(C)(C)C)cc1. The molecule has 0 saturated heterocycles. The second-order valence-corrected chi connectivity index (χ2v) is 7.93. The molecule has 3 amide bonds. The van der Waals surface area contributed by atoms with Gasteiger partial charge in [0.05, 0.1) is 0 Å². The highest BCUT2D eigenvalue weighted by Gasteiger charge is 2.18. The van der Waals surface area contributed by atoms with Gasteiger partial charge in [0.2, 0.25) is 5.91 Å². The summed E-state index contributed by atoms with van der Waals surface area (Å²) in [6.45, 7) is 6.75. The Balaban J connectivity index is 1.96. The van der Waals surface area contributed by atoms with E-state index in [9.17, 15) is 19.2 Å². The summed E-state index contributed by atoms with van der Waals surface area (Å²) < 4.78 is 4.95. The highest BCUT2D eigenvalue weighted by Crippen LogP contribution is 2.22. The molecule has 0 bridgehead atoms. The number of benzene rings is 2. The molecule has 7 heteroatoms. The molecule has 0 fully saturated rings. The van der Waals surface area contributed by atoms with Crippen LogP contribution in [-0.4, -0.2) is 30.3 Å². The second-order valence-electron chi connectivity index (χ2n) is 7.93. The van der Waals surface area contributed by atoms with Crippen molar-refractivity contribution in [2.45, 2.75) is 33.1 Å². The fraction of sp³-hybridized carbons (Fsp3) is 0.250. The number of imide groups is 1. The zero-order valence-corrected chi connectivity index (χ0v) is 18.0.